The molecule has 1 aromatic heterocycles. The van der Waals surface area contributed by atoms with Crippen molar-refractivity contribution < 1.29 is 14.6 Å². The molecular formula is C14H14ClN3O3. The van der Waals surface area contributed by atoms with Gasteiger partial charge in [-0.15, -0.1) is 0 Å². The largest absolute Gasteiger partial charge is 0.477 e. The number of benzene rings is 1. The highest BCUT2D eigenvalue weighted by atomic mass is 35.5. The fraction of sp³-hybridized carbons (Fsp3) is 0.214. The number of methoxy groups -OCH3 is 1. The molecule has 0 atom stereocenters. The summed E-state index contributed by atoms with van der Waals surface area (Å²) < 4.78 is 4.93. The minimum atomic E-state index is -1.12. The number of anilines is 1. The van der Waals surface area contributed by atoms with Crippen LogP contribution in [0.1, 0.15) is 10.5 Å². The lowest BCUT2D eigenvalue weighted by Gasteiger charge is -2.09. The van der Waals surface area contributed by atoms with Gasteiger partial charge in [0.25, 0.3) is 0 Å². The van der Waals surface area contributed by atoms with E-state index in [1.165, 1.54) is 6.07 Å². The van der Waals surface area contributed by atoms with E-state index in [0.29, 0.717) is 29.6 Å². The zero-order chi connectivity index (χ0) is 15.2. The average molecular weight is 308 g/mol. The number of carbonyl (C=O) groups is 1. The predicted molar refractivity (Wildman–Crippen MR) is 79.8 cm³/mol. The summed E-state index contributed by atoms with van der Waals surface area (Å²) in [5.41, 5.74) is 0.483. The molecule has 2 aromatic rings. The van der Waals surface area contributed by atoms with Crippen LogP contribution in [0.25, 0.3) is 11.4 Å². The van der Waals surface area contributed by atoms with Crippen LogP contribution in [-0.2, 0) is 4.74 Å². The lowest BCUT2D eigenvalue weighted by atomic mass is 10.2. The second-order valence-electron chi connectivity index (χ2n) is 4.17. The standard InChI is InChI=1S/C14H14ClN3O3/c1-21-7-6-16-12-8-11(14(19)20)17-13(18-12)9-4-2-3-5-10(9)15/h2-5,8H,6-7H2,1H3,(H,19,20)(H,16,17,18). The van der Waals surface area contributed by atoms with Crippen LogP contribution < -0.4 is 5.32 Å². The number of aromatic nitrogens is 2. The molecule has 2 N–H and O–H groups in total. The quantitative estimate of drug-likeness (QED) is 0.798. The summed E-state index contributed by atoms with van der Waals surface area (Å²) in [5.74, 6) is -0.449. The van der Waals surface area contributed by atoms with Gasteiger partial charge >= 0.3 is 5.97 Å². The molecular weight excluding hydrogens is 294 g/mol. The summed E-state index contributed by atoms with van der Waals surface area (Å²) in [7, 11) is 1.58. The van der Waals surface area contributed by atoms with E-state index < -0.39 is 5.97 Å². The third-order valence-electron chi connectivity index (χ3n) is 2.67. The Morgan fingerprint density at radius 1 is 1.38 bits per heavy atom. The number of carboxylic acids is 1. The highest BCUT2D eigenvalue weighted by Crippen LogP contribution is 2.25. The molecule has 1 aromatic carbocycles. The molecule has 0 fully saturated rings. The minimum Gasteiger partial charge on any atom is -0.477 e. The fourth-order valence-corrected chi connectivity index (χ4v) is 1.91. The van der Waals surface area contributed by atoms with Gasteiger partial charge in [-0.25, -0.2) is 14.8 Å². The van der Waals surface area contributed by atoms with Gasteiger partial charge in [-0.1, -0.05) is 23.7 Å². The minimum absolute atomic E-state index is 0.0974. The number of hydrogen-bond acceptors (Lipinski definition) is 5. The van der Waals surface area contributed by atoms with E-state index in [2.05, 4.69) is 15.3 Å². The maximum atomic E-state index is 11.2. The molecule has 7 heteroatoms. The number of rotatable bonds is 6. The van der Waals surface area contributed by atoms with Crippen LogP contribution in [-0.4, -0.2) is 41.3 Å². The highest BCUT2D eigenvalue weighted by molar-refractivity contribution is 6.33. The molecule has 0 saturated heterocycles. The van der Waals surface area contributed by atoms with E-state index >= 15 is 0 Å². The number of nitrogens with zero attached hydrogens (tertiary/aromatic N) is 2. The van der Waals surface area contributed by atoms with E-state index in [0.717, 1.165) is 0 Å². The van der Waals surface area contributed by atoms with Crippen molar-refractivity contribution in [1.29, 1.82) is 0 Å². The maximum Gasteiger partial charge on any atom is 0.354 e. The molecule has 0 radical (unpaired) electrons. The van der Waals surface area contributed by atoms with Crippen molar-refractivity contribution in [3.63, 3.8) is 0 Å². The second kappa shape index (κ2) is 7.01. The topological polar surface area (TPSA) is 84.3 Å². The third kappa shape index (κ3) is 3.90. The Morgan fingerprint density at radius 2 is 2.14 bits per heavy atom. The molecule has 0 aliphatic carbocycles. The monoisotopic (exact) mass is 307 g/mol. The van der Waals surface area contributed by atoms with Crippen molar-refractivity contribution in [2.24, 2.45) is 0 Å². The first-order valence-electron chi connectivity index (χ1n) is 6.22. The molecule has 0 unspecified atom stereocenters. The average Bonchev–Trinajstić information content (AvgIpc) is 2.47. The molecule has 0 spiro atoms. The van der Waals surface area contributed by atoms with E-state index in [-0.39, 0.29) is 11.5 Å². The van der Waals surface area contributed by atoms with Crippen LogP contribution in [0.15, 0.2) is 30.3 Å². The lowest BCUT2D eigenvalue weighted by Crippen LogP contribution is -2.12. The lowest BCUT2D eigenvalue weighted by molar-refractivity contribution is 0.0690. The number of halogens is 1. The van der Waals surface area contributed by atoms with Gasteiger partial charge in [0.05, 0.1) is 11.6 Å². The Bertz CT molecular complexity index is 649. The molecule has 0 saturated carbocycles. The van der Waals surface area contributed by atoms with Gasteiger partial charge < -0.3 is 15.2 Å². The number of carboxylic acid groups (broad SMARTS) is 1. The molecule has 0 amide bonds. The van der Waals surface area contributed by atoms with Crippen molar-refractivity contribution in [2.45, 2.75) is 0 Å². The van der Waals surface area contributed by atoms with E-state index in [9.17, 15) is 4.79 Å². The molecule has 0 aliphatic rings. The van der Waals surface area contributed by atoms with Gasteiger partial charge in [-0.2, -0.15) is 0 Å². The highest BCUT2D eigenvalue weighted by Gasteiger charge is 2.13. The van der Waals surface area contributed by atoms with Gasteiger partial charge in [-0.3, -0.25) is 0 Å². The first-order chi connectivity index (χ1) is 10.1. The molecule has 0 aliphatic heterocycles. The summed E-state index contributed by atoms with van der Waals surface area (Å²) in [6.07, 6.45) is 0. The second-order valence-corrected chi connectivity index (χ2v) is 4.57. The van der Waals surface area contributed by atoms with Crippen molar-refractivity contribution in [2.75, 3.05) is 25.6 Å². The van der Waals surface area contributed by atoms with Crippen LogP contribution in [0.4, 0.5) is 5.82 Å². The Kier molecular flexibility index (Phi) is 5.08. The Hall–Kier alpha value is -2.18. The van der Waals surface area contributed by atoms with Crippen molar-refractivity contribution in [3.8, 4) is 11.4 Å². The predicted octanol–water partition coefficient (Wildman–Crippen LogP) is 2.55. The Morgan fingerprint density at radius 3 is 2.81 bits per heavy atom. The Balaban J connectivity index is 2.40. The molecule has 6 nitrogen and oxygen atoms in total. The van der Waals surface area contributed by atoms with E-state index in [4.69, 9.17) is 21.4 Å². The van der Waals surface area contributed by atoms with Crippen LogP contribution in [0.2, 0.25) is 5.02 Å². The first kappa shape index (κ1) is 15.2. The van der Waals surface area contributed by atoms with Crippen LogP contribution in [0.5, 0.6) is 0 Å². The van der Waals surface area contributed by atoms with Gasteiger partial charge in [0.1, 0.15) is 5.82 Å². The molecule has 110 valence electrons. The van der Waals surface area contributed by atoms with Crippen LogP contribution in [0.3, 0.4) is 0 Å². The summed E-state index contributed by atoms with van der Waals surface area (Å²) >= 11 is 6.10. The number of nitrogens with one attached hydrogen (secondary N) is 1. The van der Waals surface area contributed by atoms with Gasteiger partial charge in [0.2, 0.25) is 0 Å². The first-order valence-corrected chi connectivity index (χ1v) is 6.59. The summed E-state index contributed by atoms with van der Waals surface area (Å²) in [6.45, 7) is 0.988. The van der Waals surface area contributed by atoms with Crippen molar-refractivity contribution in [3.05, 3.63) is 41.0 Å². The van der Waals surface area contributed by atoms with Crippen molar-refractivity contribution in [1.82, 2.24) is 9.97 Å². The van der Waals surface area contributed by atoms with Gasteiger partial charge in [-0.05, 0) is 12.1 Å². The summed E-state index contributed by atoms with van der Waals surface area (Å²) in [6, 6.07) is 8.38. The van der Waals surface area contributed by atoms with Crippen molar-refractivity contribution >= 4 is 23.4 Å². The maximum absolute atomic E-state index is 11.2. The van der Waals surface area contributed by atoms with E-state index in [1.54, 1.807) is 31.4 Å². The third-order valence-corrected chi connectivity index (χ3v) is 3.00. The zero-order valence-electron chi connectivity index (χ0n) is 11.3. The molecule has 2 rings (SSSR count). The Labute approximate surface area is 126 Å². The molecule has 1 heterocycles. The number of ether oxygens (including phenoxy) is 1. The van der Waals surface area contributed by atoms with Crippen LogP contribution >= 0.6 is 11.6 Å². The smallest absolute Gasteiger partial charge is 0.354 e. The molecule has 21 heavy (non-hydrogen) atoms. The zero-order valence-corrected chi connectivity index (χ0v) is 12.1. The van der Waals surface area contributed by atoms with Crippen LogP contribution in [0, 0.1) is 0 Å². The normalized spacial score (nSPS) is 10.4. The van der Waals surface area contributed by atoms with Gasteiger partial charge in [0.15, 0.2) is 11.5 Å². The summed E-state index contributed by atoms with van der Waals surface area (Å²) in [5, 5.41) is 12.6. The fourth-order valence-electron chi connectivity index (χ4n) is 1.69. The number of aromatic carboxylic acids is 1. The van der Waals surface area contributed by atoms with Gasteiger partial charge in [0, 0.05) is 25.3 Å². The summed E-state index contributed by atoms with van der Waals surface area (Å²) in [4.78, 5) is 19.5. The van der Waals surface area contributed by atoms with E-state index in [1.807, 2.05) is 0 Å². The molecule has 0 bridgehead atoms. The number of hydrogen-bond donors (Lipinski definition) is 2. The SMILES string of the molecule is COCCNc1cc(C(=O)O)nc(-c2ccccc2Cl)n1.